The number of carbonyl (C=O) groups excluding carboxylic acids is 1. The van der Waals surface area contributed by atoms with Crippen molar-refractivity contribution >= 4 is 21.9 Å². The molecule has 1 heterocycles. The molecule has 1 aromatic heterocycles. The van der Waals surface area contributed by atoms with Gasteiger partial charge in [0.25, 0.3) is 0 Å². The first-order valence-corrected chi connectivity index (χ1v) is 6.52. The Kier molecular flexibility index (Phi) is 5.14. The number of rotatable bonds is 4. The molecule has 0 aromatic carbocycles. The predicted molar refractivity (Wildman–Crippen MR) is 72.7 cm³/mol. The van der Waals surface area contributed by atoms with Crippen LogP contribution < -0.4 is 4.74 Å². The second-order valence-corrected chi connectivity index (χ2v) is 5.70. The number of aryl methyl sites for hydroxylation is 1. The summed E-state index contributed by atoms with van der Waals surface area (Å²) in [6, 6.07) is 3.72. The van der Waals surface area contributed by atoms with E-state index in [4.69, 9.17) is 9.47 Å². The van der Waals surface area contributed by atoms with E-state index in [9.17, 15) is 4.79 Å². The third-order valence-corrected chi connectivity index (χ3v) is 2.56. The minimum atomic E-state index is -0.445. The maximum Gasteiger partial charge on any atom is 0.306 e. The second kappa shape index (κ2) is 6.18. The Morgan fingerprint density at radius 3 is 2.61 bits per heavy atom. The highest BCUT2D eigenvalue weighted by Crippen LogP contribution is 2.20. The summed E-state index contributed by atoms with van der Waals surface area (Å²) < 4.78 is 11.1. The zero-order chi connectivity index (χ0) is 13.8. The molecular weight excluding hydrogens is 298 g/mol. The molecule has 0 radical (unpaired) electrons. The molecule has 0 aliphatic carbocycles. The van der Waals surface area contributed by atoms with E-state index in [2.05, 4.69) is 20.9 Å². The van der Waals surface area contributed by atoms with Crippen LogP contribution in [0.25, 0.3) is 0 Å². The fourth-order valence-electron chi connectivity index (χ4n) is 1.44. The molecule has 0 bridgehead atoms. The normalized spacial score (nSPS) is 11.2. The van der Waals surface area contributed by atoms with E-state index in [-0.39, 0.29) is 5.97 Å². The molecule has 0 amide bonds. The van der Waals surface area contributed by atoms with E-state index >= 15 is 0 Å². The highest BCUT2D eigenvalue weighted by Gasteiger charge is 2.16. The number of nitrogens with zero attached hydrogens (tertiary/aromatic N) is 1. The Morgan fingerprint density at radius 1 is 1.39 bits per heavy atom. The van der Waals surface area contributed by atoms with E-state index in [1.165, 1.54) is 0 Å². The Morgan fingerprint density at radius 2 is 2.06 bits per heavy atom. The lowest BCUT2D eigenvalue weighted by Gasteiger charge is -2.19. The van der Waals surface area contributed by atoms with Gasteiger partial charge >= 0.3 is 5.97 Å². The SMILES string of the molecule is COc1nc(Br)ccc1CCC(=O)OC(C)(C)C. The van der Waals surface area contributed by atoms with Gasteiger partial charge in [-0.1, -0.05) is 6.07 Å². The van der Waals surface area contributed by atoms with Crippen molar-refractivity contribution in [2.24, 2.45) is 0 Å². The van der Waals surface area contributed by atoms with Gasteiger partial charge in [-0.05, 0) is 49.2 Å². The number of hydrogen-bond acceptors (Lipinski definition) is 4. The van der Waals surface area contributed by atoms with Gasteiger partial charge in [0.15, 0.2) is 0 Å². The van der Waals surface area contributed by atoms with Gasteiger partial charge in [-0.15, -0.1) is 0 Å². The maximum absolute atomic E-state index is 11.6. The predicted octanol–water partition coefficient (Wildman–Crippen LogP) is 3.13. The van der Waals surface area contributed by atoms with E-state index in [0.29, 0.717) is 23.3 Å². The van der Waals surface area contributed by atoms with Gasteiger partial charge in [0.2, 0.25) is 5.88 Å². The number of hydrogen-bond donors (Lipinski definition) is 0. The summed E-state index contributed by atoms with van der Waals surface area (Å²) in [5, 5.41) is 0. The third kappa shape index (κ3) is 5.04. The summed E-state index contributed by atoms with van der Waals surface area (Å²) in [5.74, 6) is 0.320. The van der Waals surface area contributed by atoms with Gasteiger partial charge in [0.1, 0.15) is 10.2 Å². The Labute approximate surface area is 116 Å². The van der Waals surface area contributed by atoms with Crippen LogP contribution in [0.4, 0.5) is 0 Å². The lowest BCUT2D eigenvalue weighted by molar-refractivity contribution is -0.154. The van der Waals surface area contributed by atoms with Crippen LogP contribution >= 0.6 is 15.9 Å². The van der Waals surface area contributed by atoms with Crippen LogP contribution in [-0.4, -0.2) is 23.7 Å². The van der Waals surface area contributed by atoms with Crippen molar-refractivity contribution in [3.05, 3.63) is 22.3 Å². The average molecular weight is 316 g/mol. The molecule has 0 spiro atoms. The Bertz CT molecular complexity index is 427. The van der Waals surface area contributed by atoms with Crippen molar-refractivity contribution in [1.82, 2.24) is 4.98 Å². The minimum Gasteiger partial charge on any atom is -0.481 e. The van der Waals surface area contributed by atoms with Gasteiger partial charge in [0.05, 0.1) is 7.11 Å². The average Bonchev–Trinajstić information content (AvgIpc) is 2.24. The Balaban J connectivity index is 2.61. The van der Waals surface area contributed by atoms with Gasteiger partial charge in [-0.25, -0.2) is 4.98 Å². The lowest BCUT2D eigenvalue weighted by Crippen LogP contribution is -2.24. The monoisotopic (exact) mass is 315 g/mol. The number of esters is 1. The van der Waals surface area contributed by atoms with Crippen molar-refractivity contribution < 1.29 is 14.3 Å². The molecule has 0 aliphatic rings. The minimum absolute atomic E-state index is 0.215. The molecule has 0 aliphatic heterocycles. The zero-order valence-corrected chi connectivity index (χ0v) is 12.7. The first kappa shape index (κ1) is 15.0. The molecular formula is C13H18BrNO3. The molecule has 0 atom stereocenters. The van der Waals surface area contributed by atoms with Gasteiger partial charge in [0, 0.05) is 12.0 Å². The smallest absolute Gasteiger partial charge is 0.306 e. The van der Waals surface area contributed by atoms with Gasteiger partial charge in [-0.2, -0.15) is 0 Å². The van der Waals surface area contributed by atoms with Crippen LogP contribution in [0.1, 0.15) is 32.8 Å². The molecule has 1 rings (SSSR count). The molecule has 5 heteroatoms. The number of carbonyl (C=O) groups is 1. The third-order valence-electron chi connectivity index (χ3n) is 2.12. The van der Waals surface area contributed by atoms with Crippen molar-refractivity contribution in [2.75, 3.05) is 7.11 Å². The fourth-order valence-corrected chi connectivity index (χ4v) is 1.74. The molecule has 0 saturated carbocycles. The van der Waals surface area contributed by atoms with Gasteiger partial charge < -0.3 is 9.47 Å². The first-order chi connectivity index (χ1) is 8.31. The number of pyridine rings is 1. The van der Waals surface area contributed by atoms with Crippen LogP contribution in [0, 0.1) is 0 Å². The quantitative estimate of drug-likeness (QED) is 0.632. The largest absolute Gasteiger partial charge is 0.481 e. The van der Waals surface area contributed by atoms with E-state index in [0.717, 1.165) is 5.56 Å². The highest BCUT2D eigenvalue weighted by molar-refractivity contribution is 9.10. The topological polar surface area (TPSA) is 48.4 Å². The summed E-state index contributed by atoms with van der Waals surface area (Å²) in [5.41, 5.74) is 0.450. The summed E-state index contributed by atoms with van der Waals surface area (Å²) >= 11 is 3.27. The Hall–Kier alpha value is -1.10. The number of ether oxygens (including phenoxy) is 2. The standard InChI is InChI=1S/C13H18BrNO3/c1-13(2,3)18-11(16)8-6-9-5-7-10(14)15-12(9)17-4/h5,7H,6,8H2,1-4H3. The molecule has 0 N–H and O–H groups in total. The lowest BCUT2D eigenvalue weighted by atomic mass is 10.1. The number of halogens is 1. The van der Waals surface area contributed by atoms with Crippen LogP contribution in [0.5, 0.6) is 5.88 Å². The number of methoxy groups -OCH3 is 1. The van der Waals surface area contributed by atoms with Crippen molar-refractivity contribution in [3.8, 4) is 5.88 Å². The highest BCUT2D eigenvalue weighted by atomic mass is 79.9. The molecule has 0 saturated heterocycles. The van der Waals surface area contributed by atoms with Crippen molar-refractivity contribution in [3.63, 3.8) is 0 Å². The summed E-state index contributed by atoms with van der Waals surface area (Å²) in [7, 11) is 1.56. The van der Waals surface area contributed by atoms with E-state index in [1.807, 2.05) is 32.9 Å². The van der Waals surface area contributed by atoms with Crippen molar-refractivity contribution in [2.45, 2.75) is 39.2 Å². The first-order valence-electron chi connectivity index (χ1n) is 5.73. The van der Waals surface area contributed by atoms with E-state index < -0.39 is 5.60 Å². The zero-order valence-electron chi connectivity index (χ0n) is 11.1. The second-order valence-electron chi connectivity index (χ2n) is 4.89. The van der Waals surface area contributed by atoms with Crippen LogP contribution in [0.15, 0.2) is 16.7 Å². The molecule has 0 fully saturated rings. The van der Waals surface area contributed by atoms with Crippen LogP contribution in [-0.2, 0) is 16.0 Å². The summed E-state index contributed by atoms with van der Waals surface area (Å²) in [4.78, 5) is 15.8. The maximum atomic E-state index is 11.6. The van der Waals surface area contributed by atoms with Crippen molar-refractivity contribution in [1.29, 1.82) is 0 Å². The molecule has 18 heavy (non-hydrogen) atoms. The van der Waals surface area contributed by atoms with E-state index in [1.54, 1.807) is 7.11 Å². The molecule has 100 valence electrons. The fraction of sp³-hybridized carbons (Fsp3) is 0.538. The summed E-state index contributed by atoms with van der Waals surface area (Å²) in [6.07, 6.45) is 0.870. The summed E-state index contributed by atoms with van der Waals surface area (Å²) in [6.45, 7) is 5.56. The van der Waals surface area contributed by atoms with Crippen LogP contribution in [0.3, 0.4) is 0 Å². The van der Waals surface area contributed by atoms with Crippen LogP contribution in [0.2, 0.25) is 0 Å². The molecule has 1 aromatic rings. The molecule has 4 nitrogen and oxygen atoms in total. The number of aromatic nitrogens is 1. The van der Waals surface area contributed by atoms with Gasteiger partial charge in [-0.3, -0.25) is 4.79 Å². The molecule has 0 unspecified atom stereocenters.